The Morgan fingerprint density at radius 2 is 1.12 bits per heavy atom. The normalized spacial score (nSPS) is 18.0. The Morgan fingerprint density at radius 3 is 1.42 bits per heavy atom. The second-order valence-corrected chi connectivity index (χ2v) is 8.35. The average Bonchev–Trinajstić information content (AvgIpc) is 2.49. The Morgan fingerprint density at radius 1 is 0.769 bits per heavy atom. The molecule has 0 rings (SSSR count). The molecule has 0 amide bonds. The van der Waals surface area contributed by atoms with E-state index in [0.29, 0.717) is 0 Å². The number of aliphatic hydroxyl groups is 4. The first-order valence-corrected chi connectivity index (χ1v) is 7.90. The predicted octanol–water partition coefficient (Wildman–Crippen LogP) is -0.225. The van der Waals surface area contributed by atoms with Crippen molar-refractivity contribution in [2.24, 2.45) is 10.8 Å². The molecular weight excluding hydrogens is 352 g/mol. The zero-order valence-electron chi connectivity index (χ0n) is 16.2. The van der Waals surface area contributed by atoms with Crippen LogP contribution in [0.15, 0.2) is 0 Å². The van der Waals surface area contributed by atoms with E-state index in [4.69, 9.17) is 4.74 Å². The van der Waals surface area contributed by atoms with Crippen molar-refractivity contribution in [1.29, 1.82) is 0 Å². The van der Waals surface area contributed by atoms with Gasteiger partial charge >= 0.3 is 23.5 Å². The van der Waals surface area contributed by atoms with Crippen molar-refractivity contribution >= 4 is 11.9 Å². The number of carbonyl (C=O) groups excluding carboxylic acids is 1. The van der Waals surface area contributed by atoms with Crippen LogP contribution in [0.2, 0.25) is 0 Å². The fraction of sp³-hybridized carbons (Fsp3) is 0.875. The summed E-state index contributed by atoms with van der Waals surface area (Å²) >= 11 is 0. The maximum atomic E-state index is 12.4. The minimum Gasteiger partial charge on any atom is -0.477 e. The number of hydrogen-bond donors (Lipinski definition) is 5. The number of carbonyl (C=O) groups is 2. The number of hydrogen-bond acceptors (Lipinski definition) is 9. The Bertz CT molecular complexity index is 522. The molecule has 0 unspecified atom stereocenters. The number of aliphatic carboxylic acids is 1. The van der Waals surface area contributed by atoms with E-state index in [-0.39, 0.29) is 0 Å². The molecule has 0 aliphatic carbocycles. The zero-order chi connectivity index (χ0) is 21.2. The van der Waals surface area contributed by atoms with Crippen LogP contribution in [0.4, 0.5) is 0 Å². The molecule has 0 heterocycles. The number of aliphatic hydroxyl groups excluding tert-OH is 2. The van der Waals surface area contributed by atoms with Gasteiger partial charge in [-0.1, -0.05) is 27.7 Å². The van der Waals surface area contributed by atoms with Gasteiger partial charge in [0.2, 0.25) is 0 Å². The molecule has 26 heavy (non-hydrogen) atoms. The number of rotatable bonds is 9. The van der Waals surface area contributed by atoms with Gasteiger partial charge in [0, 0.05) is 0 Å². The maximum Gasteiger partial charge on any atom is 0.370 e. The third-order valence-electron chi connectivity index (χ3n) is 3.87. The fourth-order valence-electron chi connectivity index (χ4n) is 1.54. The summed E-state index contributed by atoms with van der Waals surface area (Å²) in [6, 6.07) is 0. The molecule has 2 atom stereocenters. The molecule has 0 spiro atoms. The Kier molecular flexibility index (Phi) is 7.36. The lowest BCUT2D eigenvalue weighted by atomic mass is 9.83. The molecule has 5 N–H and O–H groups in total. The van der Waals surface area contributed by atoms with Crippen LogP contribution in [0.3, 0.4) is 0 Å². The van der Waals surface area contributed by atoms with E-state index in [1.54, 1.807) is 0 Å². The predicted molar refractivity (Wildman–Crippen MR) is 87.3 cm³/mol. The lowest BCUT2D eigenvalue weighted by Gasteiger charge is -2.42. The third-order valence-corrected chi connectivity index (χ3v) is 3.87. The summed E-state index contributed by atoms with van der Waals surface area (Å²) in [5, 5.41) is 49.1. The highest BCUT2D eigenvalue weighted by Gasteiger charge is 2.60. The zero-order valence-corrected chi connectivity index (χ0v) is 16.2. The van der Waals surface area contributed by atoms with E-state index >= 15 is 0 Å². The molecule has 10 heteroatoms. The van der Waals surface area contributed by atoms with Crippen LogP contribution >= 0.6 is 0 Å². The van der Waals surface area contributed by atoms with Gasteiger partial charge in [-0.05, 0) is 20.8 Å². The first kappa shape index (κ1) is 24.7. The lowest BCUT2D eigenvalue weighted by Crippen LogP contribution is -2.61. The van der Waals surface area contributed by atoms with E-state index in [9.17, 15) is 35.1 Å². The van der Waals surface area contributed by atoms with E-state index in [0.717, 1.165) is 13.8 Å². The smallest absolute Gasteiger partial charge is 0.370 e. The molecule has 0 fully saturated rings. The Hall–Kier alpha value is -1.30. The SMILES string of the molecule is CC(C)(C)OC(=O)[C@@](O)(OO[C@](O)(C(=O)O)C(C)(C)CO)C(C)(C)CO. The molecule has 0 aliphatic rings. The van der Waals surface area contributed by atoms with Gasteiger partial charge < -0.3 is 30.3 Å². The van der Waals surface area contributed by atoms with Crippen molar-refractivity contribution in [3.05, 3.63) is 0 Å². The van der Waals surface area contributed by atoms with Gasteiger partial charge in [-0.3, -0.25) is 0 Å². The van der Waals surface area contributed by atoms with Gasteiger partial charge in [0.1, 0.15) is 5.60 Å². The summed E-state index contributed by atoms with van der Waals surface area (Å²) in [5.74, 6) is -9.38. The summed E-state index contributed by atoms with van der Waals surface area (Å²) < 4.78 is 5.05. The second kappa shape index (κ2) is 7.75. The van der Waals surface area contributed by atoms with Gasteiger partial charge in [0.05, 0.1) is 24.0 Å². The van der Waals surface area contributed by atoms with Crippen molar-refractivity contribution in [2.45, 2.75) is 65.6 Å². The molecule has 0 saturated carbocycles. The van der Waals surface area contributed by atoms with Crippen molar-refractivity contribution < 1.29 is 49.6 Å². The molecule has 0 aromatic rings. The molecule has 0 aromatic heterocycles. The van der Waals surface area contributed by atoms with Gasteiger partial charge in [0.25, 0.3) is 0 Å². The van der Waals surface area contributed by atoms with Crippen LogP contribution < -0.4 is 0 Å². The molecule has 10 nitrogen and oxygen atoms in total. The van der Waals surface area contributed by atoms with E-state index in [1.165, 1.54) is 34.6 Å². The molecule has 0 bridgehead atoms. The molecule has 0 aromatic carbocycles. The summed E-state index contributed by atoms with van der Waals surface area (Å²) in [6.45, 7) is 7.73. The largest absolute Gasteiger partial charge is 0.477 e. The first-order chi connectivity index (χ1) is 11.4. The van der Waals surface area contributed by atoms with E-state index in [2.05, 4.69) is 9.78 Å². The second-order valence-electron chi connectivity index (χ2n) is 8.35. The first-order valence-electron chi connectivity index (χ1n) is 7.90. The van der Waals surface area contributed by atoms with Crippen LogP contribution in [0, 0.1) is 10.8 Å². The van der Waals surface area contributed by atoms with Crippen molar-refractivity contribution in [3.8, 4) is 0 Å². The summed E-state index contributed by atoms with van der Waals surface area (Å²) in [4.78, 5) is 33.1. The third kappa shape index (κ3) is 4.90. The fourth-order valence-corrected chi connectivity index (χ4v) is 1.54. The number of carboxylic acid groups (broad SMARTS) is 1. The molecule has 0 radical (unpaired) electrons. The standard InChI is InChI=1S/C16H30O10/c1-12(2,3)24-11(21)16(23,14(6,7)9-18)26-25-15(22,10(19)20)13(4,5)8-17/h17-18,22-23H,8-9H2,1-7H3,(H,19,20)/t15-,16-/m1/s1. The van der Waals surface area contributed by atoms with Gasteiger partial charge in [-0.15, -0.1) is 0 Å². The number of ether oxygens (including phenoxy) is 1. The monoisotopic (exact) mass is 382 g/mol. The van der Waals surface area contributed by atoms with Gasteiger partial charge in [-0.2, -0.15) is 9.78 Å². The molecular formula is C16H30O10. The van der Waals surface area contributed by atoms with Crippen LogP contribution in [-0.2, 0) is 24.1 Å². The quantitative estimate of drug-likeness (QED) is 0.156. The summed E-state index contributed by atoms with van der Waals surface area (Å²) in [7, 11) is 0. The average molecular weight is 382 g/mol. The van der Waals surface area contributed by atoms with Crippen molar-refractivity contribution in [1.82, 2.24) is 0 Å². The van der Waals surface area contributed by atoms with Crippen LogP contribution in [-0.4, -0.2) is 67.9 Å². The van der Waals surface area contributed by atoms with Crippen LogP contribution in [0.5, 0.6) is 0 Å². The molecule has 0 saturated heterocycles. The van der Waals surface area contributed by atoms with Crippen LogP contribution in [0.1, 0.15) is 48.5 Å². The van der Waals surface area contributed by atoms with Crippen molar-refractivity contribution in [2.75, 3.05) is 13.2 Å². The minimum atomic E-state index is -3.12. The topological polar surface area (TPSA) is 163 Å². The maximum absolute atomic E-state index is 12.4. The van der Waals surface area contributed by atoms with Gasteiger partial charge in [0.15, 0.2) is 0 Å². The Balaban J connectivity index is 5.92. The lowest BCUT2D eigenvalue weighted by molar-refractivity contribution is -0.507. The van der Waals surface area contributed by atoms with E-state index in [1.807, 2.05) is 0 Å². The Labute approximate surface area is 152 Å². The summed E-state index contributed by atoms with van der Waals surface area (Å²) in [5.41, 5.74) is -4.54. The van der Waals surface area contributed by atoms with Crippen molar-refractivity contribution in [3.63, 3.8) is 0 Å². The molecule has 0 aliphatic heterocycles. The van der Waals surface area contributed by atoms with E-state index < -0.39 is 53.2 Å². The minimum absolute atomic E-state index is 0.777. The number of esters is 1. The highest BCUT2D eigenvalue weighted by Crippen LogP contribution is 2.38. The summed E-state index contributed by atoms with van der Waals surface area (Å²) in [6.07, 6.45) is 0. The van der Waals surface area contributed by atoms with Gasteiger partial charge in [-0.25, -0.2) is 9.59 Å². The highest BCUT2D eigenvalue weighted by molar-refractivity contribution is 5.79. The number of carboxylic acids is 1. The van der Waals surface area contributed by atoms with Crippen LogP contribution in [0.25, 0.3) is 0 Å². The molecule has 154 valence electrons. The highest BCUT2D eigenvalue weighted by atomic mass is 17.3.